The van der Waals surface area contributed by atoms with Gasteiger partial charge in [0.2, 0.25) is 5.88 Å². The van der Waals surface area contributed by atoms with Crippen LogP contribution in [-0.2, 0) is 0 Å². The fourth-order valence-corrected chi connectivity index (χ4v) is 1.70. The standard InChI is InChI=1S/C12H7BrClNO3/c13-7-1-4-11(15-6-7)18-10-3-2-8(14)5-9(10)12(16)17/h1-6H,(H,16,17). The maximum Gasteiger partial charge on any atom is 0.339 e. The van der Waals surface area contributed by atoms with Gasteiger partial charge in [-0.1, -0.05) is 11.6 Å². The molecule has 2 aromatic rings. The Morgan fingerprint density at radius 2 is 2.11 bits per heavy atom. The van der Waals surface area contributed by atoms with E-state index in [1.54, 1.807) is 24.4 Å². The largest absolute Gasteiger partial charge is 0.478 e. The number of aromatic carboxylic acids is 1. The van der Waals surface area contributed by atoms with Crippen molar-refractivity contribution in [3.05, 3.63) is 51.6 Å². The Morgan fingerprint density at radius 3 is 2.72 bits per heavy atom. The molecule has 4 nitrogen and oxygen atoms in total. The molecule has 0 atom stereocenters. The Hall–Kier alpha value is -1.59. The van der Waals surface area contributed by atoms with Crippen LogP contribution in [0.15, 0.2) is 41.0 Å². The summed E-state index contributed by atoms with van der Waals surface area (Å²) >= 11 is 8.99. The van der Waals surface area contributed by atoms with Gasteiger partial charge < -0.3 is 9.84 Å². The van der Waals surface area contributed by atoms with E-state index < -0.39 is 5.97 Å². The van der Waals surface area contributed by atoms with Crippen LogP contribution in [0.3, 0.4) is 0 Å². The van der Waals surface area contributed by atoms with Gasteiger partial charge in [-0.05, 0) is 40.2 Å². The zero-order valence-electron chi connectivity index (χ0n) is 8.93. The number of carboxylic acids is 1. The van der Waals surface area contributed by atoms with Gasteiger partial charge in [0.25, 0.3) is 0 Å². The molecule has 1 N–H and O–H groups in total. The first-order chi connectivity index (χ1) is 8.56. The lowest BCUT2D eigenvalue weighted by Crippen LogP contribution is -2.00. The molecule has 92 valence electrons. The molecule has 0 amide bonds. The summed E-state index contributed by atoms with van der Waals surface area (Å²) in [5.74, 6) is -0.602. The molecule has 0 aliphatic heterocycles. The van der Waals surface area contributed by atoms with Crippen LogP contribution in [-0.4, -0.2) is 16.1 Å². The van der Waals surface area contributed by atoms with E-state index in [2.05, 4.69) is 20.9 Å². The van der Waals surface area contributed by atoms with Crippen LogP contribution in [0.5, 0.6) is 11.6 Å². The third-order valence-electron chi connectivity index (χ3n) is 2.09. The van der Waals surface area contributed by atoms with Crippen molar-refractivity contribution in [2.75, 3.05) is 0 Å². The molecule has 0 radical (unpaired) electrons. The van der Waals surface area contributed by atoms with Crippen molar-refractivity contribution in [2.45, 2.75) is 0 Å². The van der Waals surface area contributed by atoms with Crippen LogP contribution >= 0.6 is 27.5 Å². The molecule has 1 aromatic carbocycles. The SMILES string of the molecule is O=C(O)c1cc(Cl)ccc1Oc1ccc(Br)cn1. The summed E-state index contributed by atoms with van der Waals surface area (Å²) in [4.78, 5) is 15.1. The molecule has 18 heavy (non-hydrogen) atoms. The summed E-state index contributed by atoms with van der Waals surface area (Å²) < 4.78 is 6.22. The van der Waals surface area contributed by atoms with Crippen LogP contribution in [0, 0.1) is 0 Å². The molecule has 1 heterocycles. The predicted octanol–water partition coefficient (Wildman–Crippen LogP) is 3.99. The van der Waals surface area contributed by atoms with Gasteiger partial charge in [-0.25, -0.2) is 9.78 Å². The molecule has 0 unspecified atom stereocenters. The second kappa shape index (κ2) is 5.37. The lowest BCUT2D eigenvalue weighted by molar-refractivity contribution is 0.0694. The Morgan fingerprint density at radius 1 is 1.33 bits per heavy atom. The highest BCUT2D eigenvalue weighted by atomic mass is 79.9. The molecular weight excluding hydrogens is 321 g/mol. The Bertz CT molecular complexity index is 586. The summed E-state index contributed by atoms with van der Waals surface area (Å²) in [6.07, 6.45) is 1.56. The van der Waals surface area contributed by atoms with E-state index in [4.69, 9.17) is 21.4 Å². The maximum atomic E-state index is 11.1. The van der Waals surface area contributed by atoms with Gasteiger partial charge in [0.1, 0.15) is 11.3 Å². The molecule has 0 fully saturated rings. The second-order valence-electron chi connectivity index (χ2n) is 3.36. The minimum absolute atomic E-state index is 0.00720. The van der Waals surface area contributed by atoms with Crippen molar-refractivity contribution in [3.63, 3.8) is 0 Å². The summed E-state index contributed by atoms with van der Waals surface area (Å²) in [5, 5.41) is 9.38. The Kier molecular flexibility index (Phi) is 3.84. The highest BCUT2D eigenvalue weighted by Gasteiger charge is 2.13. The molecule has 0 saturated heterocycles. The number of hydrogen-bond donors (Lipinski definition) is 1. The molecule has 0 aliphatic rings. The van der Waals surface area contributed by atoms with Gasteiger partial charge >= 0.3 is 5.97 Å². The van der Waals surface area contributed by atoms with Gasteiger partial charge in [0.05, 0.1) is 0 Å². The van der Waals surface area contributed by atoms with Crippen molar-refractivity contribution < 1.29 is 14.6 Å². The Labute approximate surface area is 116 Å². The van der Waals surface area contributed by atoms with Crippen molar-refractivity contribution in [3.8, 4) is 11.6 Å². The van der Waals surface area contributed by atoms with Crippen LogP contribution in [0.4, 0.5) is 0 Å². The zero-order valence-corrected chi connectivity index (χ0v) is 11.3. The first kappa shape index (κ1) is 12.9. The summed E-state index contributed by atoms with van der Waals surface area (Å²) in [6, 6.07) is 7.76. The molecule has 0 bridgehead atoms. The number of rotatable bonds is 3. The number of aromatic nitrogens is 1. The van der Waals surface area contributed by atoms with Gasteiger partial charge in [0.15, 0.2) is 0 Å². The van der Waals surface area contributed by atoms with E-state index >= 15 is 0 Å². The normalized spacial score (nSPS) is 10.1. The minimum atomic E-state index is -1.11. The minimum Gasteiger partial charge on any atom is -0.478 e. The van der Waals surface area contributed by atoms with Gasteiger partial charge in [-0.15, -0.1) is 0 Å². The van der Waals surface area contributed by atoms with Gasteiger partial charge in [-0.3, -0.25) is 0 Å². The smallest absolute Gasteiger partial charge is 0.339 e. The second-order valence-corrected chi connectivity index (χ2v) is 4.71. The van der Waals surface area contributed by atoms with E-state index in [-0.39, 0.29) is 11.3 Å². The van der Waals surface area contributed by atoms with E-state index in [0.717, 1.165) is 4.47 Å². The van der Waals surface area contributed by atoms with Gasteiger partial charge in [0, 0.05) is 21.8 Å². The van der Waals surface area contributed by atoms with Crippen LogP contribution in [0.25, 0.3) is 0 Å². The number of carbonyl (C=O) groups is 1. The number of hydrogen-bond acceptors (Lipinski definition) is 3. The van der Waals surface area contributed by atoms with Crippen LogP contribution in [0.1, 0.15) is 10.4 Å². The van der Waals surface area contributed by atoms with Crippen molar-refractivity contribution in [2.24, 2.45) is 0 Å². The maximum absolute atomic E-state index is 11.1. The van der Waals surface area contributed by atoms with Crippen molar-refractivity contribution in [1.82, 2.24) is 4.98 Å². The average Bonchev–Trinajstić information content (AvgIpc) is 2.34. The molecule has 1 aromatic heterocycles. The average molecular weight is 329 g/mol. The molecule has 6 heteroatoms. The third-order valence-corrected chi connectivity index (χ3v) is 2.79. The molecule has 0 saturated carbocycles. The summed E-state index contributed by atoms with van der Waals surface area (Å²) in [7, 11) is 0. The fraction of sp³-hybridized carbons (Fsp3) is 0. The topological polar surface area (TPSA) is 59.4 Å². The highest BCUT2D eigenvalue weighted by Crippen LogP contribution is 2.27. The fourth-order valence-electron chi connectivity index (χ4n) is 1.29. The quantitative estimate of drug-likeness (QED) is 0.925. The zero-order chi connectivity index (χ0) is 13.1. The first-order valence-electron chi connectivity index (χ1n) is 4.88. The number of benzene rings is 1. The lowest BCUT2D eigenvalue weighted by Gasteiger charge is -2.08. The number of ether oxygens (including phenoxy) is 1. The molecular formula is C12H7BrClNO3. The predicted molar refractivity (Wildman–Crippen MR) is 70.4 cm³/mol. The number of nitrogens with zero attached hydrogens (tertiary/aromatic N) is 1. The van der Waals surface area contributed by atoms with Crippen molar-refractivity contribution >= 4 is 33.5 Å². The summed E-state index contributed by atoms with van der Waals surface area (Å²) in [5.41, 5.74) is -0.00720. The third kappa shape index (κ3) is 3.00. The van der Waals surface area contributed by atoms with E-state index in [1.165, 1.54) is 12.1 Å². The van der Waals surface area contributed by atoms with E-state index in [0.29, 0.717) is 10.9 Å². The van der Waals surface area contributed by atoms with E-state index in [1.807, 2.05) is 0 Å². The molecule has 2 rings (SSSR count). The van der Waals surface area contributed by atoms with E-state index in [9.17, 15) is 4.79 Å². The summed E-state index contributed by atoms with van der Waals surface area (Å²) in [6.45, 7) is 0. The Balaban J connectivity index is 2.34. The monoisotopic (exact) mass is 327 g/mol. The first-order valence-corrected chi connectivity index (χ1v) is 6.05. The van der Waals surface area contributed by atoms with Gasteiger partial charge in [-0.2, -0.15) is 0 Å². The highest BCUT2D eigenvalue weighted by molar-refractivity contribution is 9.10. The molecule has 0 spiro atoms. The number of pyridine rings is 1. The number of carboxylic acid groups (broad SMARTS) is 1. The number of halogens is 2. The van der Waals surface area contributed by atoms with Crippen LogP contribution in [0.2, 0.25) is 5.02 Å². The van der Waals surface area contributed by atoms with Crippen LogP contribution < -0.4 is 4.74 Å². The molecule has 0 aliphatic carbocycles. The van der Waals surface area contributed by atoms with Crippen molar-refractivity contribution in [1.29, 1.82) is 0 Å². The lowest BCUT2D eigenvalue weighted by atomic mass is 10.2.